The van der Waals surface area contributed by atoms with Gasteiger partial charge in [-0.2, -0.15) is 0 Å². The lowest BCUT2D eigenvalue weighted by molar-refractivity contribution is 0.668. The number of aromatic nitrogens is 4. The molecule has 6 nitrogen and oxygen atoms in total. The molecular formula is C57H34N4O2. The van der Waals surface area contributed by atoms with E-state index in [0.29, 0.717) is 17.5 Å². The Morgan fingerprint density at radius 2 is 0.841 bits per heavy atom. The third-order valence-electron chi connectivity index (χ3n) is 12.3. The first-order valence-electron chi connectivity index (χ1n) is 21.1. The number of furan rings is 2. The molecule has 294 valence electrons. The van der Waals surface area contributed by atoms with Crippen molar-refractivity contribution in [1.82, 2.24) is 19.5 Å². The number of fused-ring (bicyclic) bond motifs is 9. The van der Waals surface area contributed by atoms with Crippen LogP contribution in [0, 0.1) is 0 Å². The molecule has 0 bridgehead atoms. The van der Waals surface area contributed by atoms with Crippen molar-refractivity contribution >= 4 is 65.7 Å². The number of nitrogens with zero attached hydrogens (tertiary/aromatic N) is 4. The molecule has 0 amide bonds. The lowest BCUT2D eigenvalue weighted by atomic mass is 9.96. The van der Waals surface area contributed by atoms with Crippen molar-refractivity contribution < 1.29 is 8.83 Å². The summed E-state index contributed by atoms with van der Waals surface area (Å²) in [6.45, 7) is 0. The van der Waals surface area contributed by atoms with Gasteiger partial charge in [0.05, 0.1) is 11.0 Å². The summed E-state index contributed by atoms with van der Waals surface area (Å²) in [6, 6.07) is 71.5. The van der Waals surface area contributed by atoms with Crippen molar-refractivity contribution in [3.05, 3.63) is 206 Å². The largest absolute Gasteiger partial charge is 0.456 e. The molecule has 0 saturated heterocycles. The van der Waals surface area contributed by atoms with Crippen molar-refractivity contribution in [3.8, 4) is 62.1 Å². The van der Waals surface area contributed by atoms with Crippen molar-refractivity contribution in [1.29, 1.82) is 0 Å². The highest BCUT2D eigenvalue weighted by atomic mass is 16.3. The lowest BCUT2D eigenvalue weighted by Gasteiger charge is -2.10. The van der Waals surface area contributed by atoms with Gasteiger partial charge in [0.1, 0.15) is 22.3 Å². The van der Waals surface area contributed by atoms with Gasteiger partial charge in [0.25, 0.3) is 0 Å². The zero-order chi connectivity index (χ0) is 41.4. The van der Waals surface area contributed by atoms with E-state index in [-0.39, 0.29) is 0 Å². The van der Waals surface area contributed by atoms with Gasteiger partial charge in [-0.05, 0) is 76.9 Å². The van der Waals surface area contributed by atoms with E-state index in [1.807, 2.05) is 54.6 Å². The van der Waals surface area contributed by atoms with Crippen LogP contribution in [0.2, 0.25) is 0 Å². The van der Waals surface area contributed by atoms with Crippen LogP contribution in [-0.4, -0.2) is 19.5 Å². The fourth-order valence-corrected chi connectivity index (χ4v) is 9.36. The molecule has 0 saturated carbocycles. The minimum Gasteiger partial charge on any atom is -0.456 e. The van der Waals surface area contributed by atoms with Gasteiger partial charge in [-0.15, -0.1) is 0 Å². The van der Waals surface area contributed by atoms with Gasteiger partial charge < -0.3 is 13.4 Å². The second-order valence-electron chi connectivity index (χ2n) is 15.9. The summed E-state index contributed by atoms with van der Waals surface area (Å²) in [5.41, 5.74) is 13.7. The van der Waals surface area contributed by atoms with Gasteiger partial charge in [0.15, 0.2) is 17.5 Å². The molecule has 0 aliphatic carbocycles. The molecule has 6 heteroatoms. The van der Waals surface area contributed by atoms with Gasteiger partial charge in [-0.25, -0.2) is 15.0 Å². The molecule has 0 radical (unpaired) electrons. The van der Waals surface area contributed by atoms with Gasteiger partial charge in [-0.3, -0.25) is 0 Å². The molecule has 4 heterocycles. The standard InChI is InChI=1S/C57H34N4O2/c1-3-13-35(14-4-1)36-25-27-37(28-26-36)41-19-11-23-50-53(41)44-31-29-39(33-52(44)63-50)56-58-55(38-15-5-2-6-16-38)59-57(60-56)45-20-12-24-51-54(45)46-34-40(30-32-49(46)62-51)61-47-21-9-7-17-42(47)43-18-8-10-22-48(43)61/h1-34H. The van der Waals surface area contributed by atoms with Gasteiger partial charge in [0, 0.05) is 54.7 Å². The second-order valence-corrected chi connectivity index (χ2v) is 15.9. The van der Waals surface area contributed by atoms with Crippen LogP contribution in [0.1, 0.15) is 0 Å². The Labute approximate surface area is 361 Å². The highest BCUT2D eigenvalue weighted by molar-refractivity contribution is 6.15. The molecular weight excluding hydrogens is 773 g/mol. The normalized spacial score (nSPS) is 11.8. The molecule has 0 N–H and O–H groups in total. The molecule has 0 spiro atoms. The summed E-state index contributed by atoms with van der Waals surface area (Å²) in [7, 11) is 0. The minimum atomic E-state index is 0.550. The fourth-order valence-electron chi connectivity index (χ4n) is 9.36. The molecule has 0 atom stereocenters. The van der Waals surface area contributed by atoms with Gasteiger partial charge in [0.2, 0.25) is 0 Å². The Morgan fingerprint density at radius 3 is 1.56 bits per heavy atom. The molecule has 0 aliphatic heterocycles. The maximum atomic E-state index is 6.60. The molecule has 63 heavy (non-hydrogen) atoms. The number of hydrogen-bond acceptors (Lipinski definition) is 5. The molecule has 9 aromatic carbocycles. The molecule has 4 aromatic heterocycles. The third kappa shape index (κ3) is 5.69. The van der Waals surface area contributed by atoms with Crippen LogP contribution in [0.25, 0.3) is 128 Å². The van der Waals surface area contributed by atoms with E-state index in [4.69, 9.17) is 23.8 Å². The van der Waals surface area contributed by atoms with E-state index in [9.17, 15) is 0 Å². The zero-order valence-electron chi connectivity index (χ0n) is 33.7. The van der Waals surface area contributed by atoms with Crippen molar-refractivity contribution in [2.45, 2.75) is 0 Å². The van der Waals surface area contributed by atoms with Crippen molar-refractivity contribution in [3.63, 3.8) is 0 Å². The SMILES string of the molecule is c1ccc(-c2ccc(-c3cccc4oc5cc(-c6nc(-c7ccccc7)nc(-c7cccc8oc9ccc(-n%10c%11ccccc%11c%11ccccc%11%10)cc9c78)n6)ccc5c34)cc2)cc1. The maximum absolute atomic E-state index is 6.60. The molecule has 13 aromatic rings. The summed E-state index contributed by atoms with van der Waals surface area (Å²) in [5.74, 6) is 1.69. The predicted octanol–water partition coefficient (Wildman–Crippen LogP) is 15.1. The average molecular weight is 807 g/mol. The quantitative estimate of drug-likeness (QED) is 0.167. The van der Waals surface area contributed by atoms with Crippen LogP contribution in [0.15, 0.2) is 215 Å². The average Bonchev–Trinajstić information content (AvgIpc) is 4.03. The zero-order valence-corrected chi connectivity index (χ0v) is 33.7. The highest BCUT2D eigenvalue weighted by Gasteiger charge is 2.21. The highest BCUT2D eigenvalue weighted by Crippen LogP contribution is 2.41. The topological polar surface area (TPSA) is 69.9 Å². The molecule has 13 rings (SSSR count). The summed E-state index contributed by atoms with van der Waals surface area (Å²) in [4.78, 5) is 15.5. The monoisotopic (exact) mass is 806 g/mol. The lowest BCUT2D eigenvalue weighted by Crippen LogP contribution is -2.00. The van der Waals surface area contributed by atoms with Crippen LogP contribution >= 0.6 is 0 Å². The first-order valence-corrected chi connectivity index (χ1v) is 21.1. The fraction of sp³-hybridized carbons (Fsp3) is 0. The summed E-state index contributed by atoms with van der Waals surface area (Å²) in [5, 5.41) is 6.47. The van der Waals surface area contributed by atoms with Crippen LogP contribution in [0.3, 0.4) is 0 Å². The van der Waals surface area contributed by atoms with Gasteiger partial charge >= 0.3 is 0 Å². The Balaban J connectivity index is 0.962. The smallest absolute Gasteiger partial charge is 0.164 e. The minimum absolute atomic E-state index is 0.550. The van der Waals surface area contributed by atoms with Crippen LogP contribution in [0.5, 0.6) is 0 Å². The summed E-state index contributed by atoms with van der Waals surface area (Å²) >= 11 is 0. The van der Waals surface area contributed by atoms with Crippen LogP contribution in [0.4, 0.5) is 0 Å². The first kappa shape index (κ1) is 35.2. The Kier molecular flexibility index (Phi) is 7.80. The maximum Gasteiger partial charge on any atom is 0.164 e. The number of rotatable bonds is 6. The summed E-state index contributed by atoms with van der Waals surface area (Å²) < 4.78 is 15.5. The number of para-hydroxylation sites is 2. The second kappa shape index (κ2) is 14.0. The third-order valence-corrected chi connectivity index (χ3v) is 12.3. The van der Waals surface area contributed by atoms with Crippen molar-refractivity contribution in [2.75, 3.05) is 0 Å². The Bertz CT molecular complexity index is 3850. The number of hydrogen-bond donors (Lipinski definition) is 0. The first-order chi connectivity index (χ1) is 31.2. The predicted molar refractivity (Wildman–Crippen MR) is 256 cm³/mol. The van der Waals surface area contributed by atoms with E-state index in [1.54, 1.807) is 0 Å². The van der Waals surface area contributed by atoms with E-state index in [0.717, 1.165) is 88.4 Å². The summed E-state index contributed by atoms with van der Waals surface area (Å²) in [6.07, 6.45) is 0. The van der Waals surface area contributed by atoms with E-state index >= 15 is 0 Å². The van der Waals surface area contributed by atoms with Crippen molar-refractivity contribution in [2.24, 2.45) is 0 Å². The van der Waals surface area contributed by atoms with Gasteiger partial charge in [-0.1, -0.05) is 152 Å². The molecule has 0 aliphatic rings. The Morgan fingerprint density at radius 1 is 0.302 bits per heavy atom. The number of benzene rings is 9. The molecule has 0 unspecified atom stereocenters. The van der Waals surface area contributed by atoms with Crippen LogP contribution in [-0.2, 0) is 0 Å². The molecule has 0 fully saturated rings. The Hall–Kier alpha value is -8.61. The van der Waals surface area contributed by atoms with E-state index in [2.05, 4.69) is 156 Å². The van der Waals surface area contributed by atoms with E-state index in [1.165, 1.54) is 21.9 Å². The van der Waals surface area contributed by atoms with Crippen LogP contribution < -0.4 is 0 Å². The van der Waals surface area contributed by atoms with E-state index < -0.39 is 0 Å².